The van der Waals surface area contributed by atoms with E-state index in [0.29, 0.717) is 24.9 Å². The number of benzene rings is 1. The van der Waals surface area contributed by atoms with Crippen LogP contribution < -0.4 is 5.32 Å². The van der Waals surface area contributed by atoms with Gasteiger partial charge in [-0.05, 0) is 12.0 Å². The van der Waals surface area contributed by atoms with Gasteiger partial charge in [0.15, 0.2) is 0 Å². The van der Waals surface area contributed by atoms with Crippen molar-refractivity contribution in [2.24, 2.45) is 0 Å². The lowest BCUT2D eigenvalue weighted by Gasteiger charge is -2.20. The first-order valence-electron chi connectivity index (χ1n) is 6.60. The Labute approximate surface area is 114 Å². The Bertz CT molecular complexity index is 378. The van der Waals surface area contributed by atoms with Crippen LogP contribution in [0.5, 0.6) is 0 Å². The molecule has 1 unspecified atom stereocenters. The van der Waals surface area contributed by atoms with E-state index in [1.165, 1.54) is 0 Å². The third-order valence-electron chi connectivity index (χ3n) is 2.96. The van der Waals surface area contributed by atoms with Gasteiger partial charge in [0.05, 0.1) is 0 Å². The van der Waals surface area contributed by atoms with Crippen LogP contribution in [0.2, 0.25) is 0 Å². The second kappa shape index (κ2) is 9.28. The summed E-state index contributed by atoms with van der Waals surface area (Å²) < 4.78 is 4.54. The second-order valence-corrected chi connectivity index (χ2v) is 4.44. The number of piperidine rings is 1. The summed E-state index contributed by atoms with van der Waals surface area (Å²) in [6.07, 6.45) is 2.55. The number of ketones is 1. The van der Waals surface area contributed by atoms with Crippen molar-refractivity contribution in [2.75, 3.05) is 6.54 Å². The maximum absolute atomic E-state index is 10.8. The summed E-state index contributed by atoms with van der Waals surface area (Å²) in [5.41, 5.74) is 1.01. The summed E-state index contributed by atoms with van der Waals surface area (Å²) in [5.74, 6) is 0.417. The highest BCUT2D eigenvalue weighted by Gasteiger charge is 2.15. The Morgan fingerprint density at radius 2 is 2.11 bits per heavy atom. The molecular weight excluding hydrogens is 242 g/mol. The summed E-state index contributed by atoms with van der Waals surface area (Å²) in [7, 11) is 0. The number of nitrogens with one attached hydrogen (secondary N) is 1. The van der Waals surface area contributed by atoms with Gasteiger partial charge in [0, 0.05) is 25.4 Å². The number of hydrogen-bond acceptors (Lipinski definition) is 4. The molecule has 0 aliphatic carbocycles. The molecule has 1 aliphatic heterocycles. The van der Waals surface area contributed by atoms with E-state index in [1.807, 2.05) is 30.3 Å². The Hall–Kier alpha value is -1.68. The average molecular weight is 263 g/mol. The predicted octanol–water partition coefficient (Wildman–Crippen LogP) is 2.08. The van der Waals surface area contributed by atoms with Crippen molar-refractivity contribution in [2.45, 2.75) is 38.8 Å². The summed E-state index contributed by atoms with van der Waals surface area (Å²) in [4.78, 5) is 20.5. The molecule has 1 atom stereocenters. The minimum absolute atomic E-state index is 0.365. The third kappa shape index (κ3) is 6.72. The van der Waals surface area contributed by atoms with Crippen molar-refractivity contribution in [1.82, 2.24) is 5.32 Å². The molecule has 1 saturated heterocycles. The van der Waals surface area contributed by atoms with Crippen LogP contribution in [0, 0.1) is 0 Å². The van der Waals surface area contributed by atoms with E-state index in [2.05, 4.69) is 17.0 Å². The Morgan fingerprint density at radius 1 is 1.37 bits per heavy atom. The van der Waals surface area contributed by atoms with Gasteiger partial charge < -0.3 is 10.1 Å². The van der Waals surface area contributed by atoms with Crippen molar-refractivity contribution in [1.29, 1.82) is 0 Å². The van der Waals surface area contributed by atoms with E-state index in [-0.39, 0.29) is 0 Å². The topological polar surface area (TPSA) is 55.4 Å². The summed E-state index contributed by atoms with van der Waals surface area (Å²) in [6, 6.07) is 10.0. The standard InChI is InChI=1S/C8H8O2.C7H13NO/c9-7-10-6-8-4-2-1-3-5-8;1-2-6-5-7(9)3-4-8-6/h1-5,7H,6H2;6,8H,2-5H2,1H3. The average Bonchev–Trinajstić information content (AvgIpc) is 2.47. The minimum Gasteiger partial charge on any atom is -0.463 e. The largest absolute Gasteiger partial charge is 0.463 e. The van der Waals surface area contributed by atoms with Crippen LogP contribution in [0.15, 0.2) is 30.3 Å². The smallest absolute Gasteiger partial charge is 0.293 e. The van der Waals surface area contributed by atoms with Crippen LogP contribution in [-0.4, -0.2) is 24.8 Å². The van der Waals surface area contributed by atoms with Gasteiger partial charge in [-0.3, -0.25) is 9.59 Å². The van der Waals surface area contributed by atoms with Gasteiger partial charge in [0.1, 0.15) is 12.4 Å². The van der Waals surface area contributed by atoms with E-state index in [1.54, 1.807) is 0 Å². The zero-order valence-corrected chi connectivity index (χ0v) is 11.3. The zero-order chi connectivity index (χ0) is 13.9. The van der Waals surface area contributed by atoms with Gasteiger partial charge in [0.25, 0.3) is 6.47 Å². The molecule has 0 amide bonds. The lowest BCUT2D eigenvalue weighted by molar-refractivity contribution is -0.129. The summed E-state index contributed by atoms with van der Waals surface area (Å²) in [6.45, 7) is 3.81. The fraction of sp³-hybridized carbons (Fsp3) is 0.467. The van der Waals surface area contributed by atoms with Crippen LogP contribution in [-0.2, 0) is 20.9 Å². The summed E-state index contributed by atoms with van der Waals surface area (Å²) >= 11 is 0. The van der Waals surface area contributed by atoms with Crippen LogP contribution in [0.1, 0.15) is 31.7 Å². The maximum atomic E-state index is 10.8. The van der Waals surface area contributed by atoms with Crippen molar-refractivity contribution < 1.29 is 14.3 Å². The van der Waals surface area contributed by atoms with Gasteiger partial charge in [-0.15, -0.1) is 0 Å². The highest BCUT2D eigenvalue weighted by atomic mass is 16.5. The van der Waals surface area contributed by atoms with Crippen molar-refractivity contribution in [3.05, 3.63) is 35.9 Å². The van der Waals surface area contributed by atoms with Crippen molar-refractivity contribution >= 4 is 12.3 Å². The van der Waals surface area contributed by atoms with Gasteiger partial charge in [-0.2, -0.15) is 0 Å². The molecule has 1 aromatic rings. The molecule has 1 N–H and O–H groups in total. The highest BCUT2D eigenvalue weighted by molar-refractivity contribution is 5.79. The Morgan fingerprint density at radius 3 is 2.63 bits per heavy atom. The quantitative estimate of drug-likeness (QED) is 0.845. The molecule has 0 bridgehead atoms. The van der Waals surface area contributed by atoms with Gasteiger partial charge in [-0.25, -0.2) is 0 Å². The fourth-order valence-electron chi connectivity index (χ4n) is 1.86. The number of rotatable bonds is 4. The molecule has 1 aliphatic rings. The molecule has 2 rings (SSSR count). The fourth-order valence-corrected chi connectivity index (χ4v) is 1.86. The van der Waals surface area contributed by atoms with Crippen molar-refractivity contribution in [3.8, 4) is 0 Å². The zero-order valence-electron chi connectivity index (χ0n) is 11.3. The second-order valence-electron chi connectivity index (χ2n) is 4.44. The maximum Gasteiger partial charge on any atom is 0.293 e. The summed E-state index contributed by atoms with van der Waals surface area (Å²) in [5, 5.41) is 3.28. The lowest BCUT2D eigenvalue weighted by Crippen LogP contribution is -2.37. The van der Waals surface area contributed by atoms with E-state index in [0.717, 1.165) is 31.4 Å². The minimum atomic E-state index is 0.365. The van der Waals surface area contributed by atoms with Crippen LogP contribution >= 0.6 is 0 Å². The molecule has 1 aromatic carbocycles. The monoisotopic (exact) mass is 263 g/mol. The molecule has 0 saturated carbocycles. The molecule has 1 heterocycles. The van der Waals surface area contributed by atoms with Crippen LogP contribution in [0.25, 0.3) is 0 Å². The molecule has 0 aromatic heterocycles. The van der Waals surface area contributed by atoms with E-state index in [9.17, 15) is 9.59 Å². The number of carbonyl (C=O) groups excluding carboxylic acids is 2. The van der Waals surface area contributed by atoms with Crippen LogP contribution in [0.4, 0.5) is 0 Å². The van der Waals surface area contributed by atoms with Gasteiger partial charge in [-0.1, -0.05) is 37.3 Å². The highest BCUT2D eigenvalue weighted by Crippen LogP contribution is 2.05. The first-order chi connectivity index (χ1) is 9.26. The Kier molecular flexibility index (Phi) is 7.51. The molecule has 0 spiro atoms. The molecule has 1 fully saturated rings. The normalized spacial score (nSPS) is 18.2. The molecule has 4 nitrogen and oxygen atoms in total. The SMILES string of the molecule is CCC1CC(=O)CCN1.O=COCc1ccccc1. The molecule has 4 heteroatoms. The molecular formula is C15H21NO3. The molecule has 0 radical (unpaired) electrons. The molecule has 19 heavy (non-hydrogen) atoms. The number of carbonyl (C=O) groups is 2. The van der Waals surface area contributed by atoms with E-state index >= 15 is 0 Å². The predicted molar refractivity (Wildman–Crippen MR) is 73.6 cm³/mol. The molecule has 104 valence electrons. The third-order valence-corrected chi connectivity index (χ3v) is 2.96. The van der Waals surface area contributed by atoms with Crippen molar-refractivity contribution in [3.63, 3.8) is 0 Å². The number of Topliss-reactive ketones (excluding diaryl/α,β-unsaturated/α-hetero) is 1. The lowest BCUT2D eigenvalue weighted by atomic mass is 10.0. The van der Waals surface area contributed by atoms with Crippen LogP contribution in [0.3, 0.4) is 0 Å². The first kappa shape index (κ1) is 15.4. The van der Waals surface area contributed by atoms with Gasteiger partial charge in [0.2, 0.25) is 0 Å². The number of hydrogen-bond donors (Lipinski definition) is 1. The van der Waals surface area contributed by atoms with E-state index < -0.39 is 0 Å². The first-order valence-corrected chi connectivity index (χ1v) is 6.60. The van der Waals surface area contributed by atoms with E-state index in [4.69, 9.17) is 0 Å². The number of ether oxygens (including phenoxy) is 1. The van der Waals surface area contributed by atoms with Gasteiger partial charge >= 0.3 is 0 Å². The Balaban J connectivity index is 0.000000191.